The maximum absolute atomic E-state index is 11.8. The number of benzene rings is 1. The van der Waals surface area contributed by atoms with Crippen LogP contribution in [0, 0.1) is 11.8 Å². The third-order valence-corrected chi connectivity index (χ3v) is 3.60. The molecule has 0 heterocycles. The highest BCUT2D eigenvalue weighted by atomic mass is 16.5. The SMILES string of the molecule is COc1ccc(CNC(=O)COC2C#CCCCCC2)cc1. The minimum atomic E-state index is -0.111. The molecule has 0 bridgehead atoms. The van der Waals surface area contributed by atoms with Gasteiger partial charge in [-0.3, -0.25) is 4.79 Å². The minimum absolute atomic E-state index is 0.0650. The van der Waals surface area contributed by atoms with Gasteiger partial charge in [0.25, 0.3) is 0 Å². The first-order chi connectivity index (χ1) is 10.8. The zero-order valence-corrected chi connectivity index (χ0v) is 13.1. The fourth-order valence-electron chi connectivity index (χ4n) is 2.27. The highest BCUT2D eigenvalue weighted by molar-refractivity contribution is 5.77. The van der Waals surface area contributed by atoms with Crippen molar-refractivity contribution in [1.29, 1.82) is 0 Å². The summed E-state index contributed by atoms with van der Waals surface area (Å²) < 4.78 is 10.7. The Morgan fingerprint density at radius 3 is 2.86 bits per heavy atom. The van der Waals surface area contributed by atoms with Crippen LogP contribution in [0.1, 0.15) is 37.7 Å². The summed E-state index contributed by atoms with van der Waals surface area (Å²) in [6, 6.07) is 7.62. The largest absolute Gasteiger partial charge is 0.497 e. The lowest BCUT2D eigenvalue weighted by molar-refractivity contribution is -0.127. The zero-order valence-electron chi connectivity index (χ0n) is 13.1. The maximum Gasteiger partial charge on any atom is 0.246 e. The third-order valence-electron chi connectivity index (χ3n) is 3.60. The number of rotatable bonds is 6. The van der Waals surface area contributed by atoms with Gasteiger partial charge in [-0.15, -0.1) is 5.92 Å². The Balaban J connectivity index is 1.70. The van der Waals surface area contributed by atoms with Gasteiger partial charge >= 0.3 is 0 Å². The Kier molecular flexibility index (Phi) is 6.79. The predicted molar refractivity (Wildman–Crippen MR) is 85.4 cm³/mol. The van der Waals surface area contributed by atoms with E-state index in [9.17, 15) is 4.79 Å². The van der Waals surface area contributed by atoms with E-state index in [0.717, 1.165) is 30.6 Å². The van der Waals surface area contributed by atoms with Gasteiger partial charge in [-0.25, -0.2) is 0 Å². The van der Waals surface area contributed by atoms with Gasteiger partial charge in [0, 0.05) is 13.0 Å². The van der Waals surface area contributed by atoms with Crippen LogP contribution in [0.4, 0.5) is 0 Å². The fraction of sp³-hybridized carbons (Fsp3) is 0.500. The molecule has 1 aromatic rings. The summed E-state index contributed by atoms with van der Waals surface area (Å²) in [6.07, 6.45) is 5.22. The zero-order chi connectivity index (χ0) is 15.6. The molecular weight excluding hydrogens is 278 g/mol. The second-order valence-corrected chi connectivity index (χ2v) is 5.34. The second kappa shape index (κ2) is 9.11. The molecule has 0 spiro atoms. The van der Waals surface area contributed by atoms with Gasteiger partial charge in [-0.2, -0.15) is 0 Å². The Hall–Kier alpha value is -1.99. The summed E-state index contributed by atoms with van der Waals surface area (Å²) in [5.41, 5.74) is 1.03. The molecule has 1 unspecified atom stereocenters. The van der Waals surface area contributed by atoms with Gasteiger partial charge in [0.1, 0.15) is 18.5 Å². The van der Waals surface area contributed by atoms with E-state index in [-0.39, 0.29) is 18.6 Å². The molecule has 1 atom stereocenters. The molecule has 0 fully saturated rings. The van der Waals surface area contributed by atoms with Crippen LogP contribution >= 0.6 is 0 Å². The second-order valence-electron chi connectivity index (χ2n) is 5.34. The standard InChI is InChI=1S/C18H23NO3/c1-21-16-11-9-15(10-12-16)13-19-18(20)14-22-17-7-5-3-2-4-6-8-17/h9-12,17H,2-5,7,13-14H2,1H3,(H,19,20). The molecule has 0 radical (unpaired) electrons. The average Bonchev–Trinajstić information content (AvgIpc) is 2.52. The van der Waals surface area contributed by atoms with Crippen LogP contribution < -0.4 is 10.1 Å². The topological polar surface area (TPSA) is 47.6 Å². The molecule has 118 valence electrons. The van der Waals surface area contributed by atoms with Crippen LogP contribution in [0.5, 0.6) is 5.75 Å². The van der Waals surface area contributed by atoms with Crippen LogP contribution in [0.25, 0.3) is 0 Å². The van der Waals surface area contributed by atoms with E-state index in [0.29, 0.717) is 6.54 Å². The highest BCUT2D eigenvalue weighted by Gasteiger charge is 2.10. The lowest BCUT2D eigenvalue weighted by Gasteiger charge is -2.13. The number of carbonyl (C=O) groups excluding carboxylic acids is 1. The summed E-state index contributed by atoms with van der Waals surface area (Å²) in [5.74, 6) is 6.90. The molecule has 1 aliphatic carbocycles. The molecule has 0 saturated carbocycles. The van der Waals surface area contributed by atoms with E-state index in [2.05, 4.69) is 17.2 Å². The molecule has 1 aliphatic rings. The Labute approximate surface area is 132 Å². The van der Waals surface area contributed by atoms with Crippen LogP contribution in [0.15, 0.2) is 24.3 Å². The van der Waals surface area contributed by atoms with Crippen molar-refractivity contribution in [1.82, 2.24) is 5.32 Å². The van der Waals surface area contributed by atoms with Crippen LogP contribution in [-0.2, 0) is 16.1 Å². The normalized spacial score (nSPS) is 17.6. The quantitative estimate of drug-likeness (QED) is 0.822. The summed E-state index contributed by atoms with van der Waals surface area (Å²) in [7, 11) is 1.63. The van der Waals surface area contributed by atoms with Gasteiger partial charge < -0.3 is 14.8 Å². The van der Waals surface area contributed by atoms with Crippen LogP contribution in [0.2, 0.25) is 0 Å². The molecular formula is C18H23NO3. The molecule has 1 N–H and O–H groups in total. The Bertz CT molecular complexity index is 528. The predicted octanol–water partition coefficient (Wildman–Crippen LogP) is 2.66. The third kappa shape index (κ3) is 5.79. The Morgan fingerprint density at radius 1 is 1.27 bits per heavy atom. The van der Waals surface area contributed by atoms with Crippen molar-refractivity contribution < 1.29 is 14.3 Å². The number of ether oxygens (including phenoxy) is 2. The molecule has 1 aromatic carbocycles. The van der Waals surface area contributed by atoms with Crippen molar-refractivity contribution in [2.24, 2.45) is 0 Å². The first kappa shape index (κ1) is 16.4. The molecule has 0 saturated heterocycles. The molecule has 2 rings (SSSR count). The number of hydrogen-bond donors (Lipinski definition) is 1. The molecule has 22 heavy (non-hydrogen) atoms. The highest BCUT2D eigenvalue weighted by Crippen LogP contribution is 2.12. The van der Waals surface area contributed by atoms with Crippen LogP contribution in [-0.4, -0.2) is 25.7 Å². The molecule has 4 nitrogen and oxygen atoms in total. The Morgan fingerprint density at radius 2 is 2.09 bits per heavy atom. The maximum atomic E-state index is 11.8. The van der Waals surface area contributed by atoms with Crippen molar-refractivity contribution in [3.8, 4) is 17.6 Å². The molecule has 4 heteroatoms. The smallest absolute Gasteiger partial charge is 0.246 e. The molecule has 0 aliphatic heterocycles. The average molecular weight is 301 g/mol. The van der Waals surface area contributed by atoms with E-state index in [1.165, 1.54) is 12.8 Å². The number of methoxy groups -OCH3 is 1. The van der Waals surface area contributed by atoms with Crippen molar-refractivity contribution in [2.45, 2.75) is 44.8 Å². The lowest BCUT2D eigenvalue weighted by atomic mass is 10.1. The van der Waals surface area contributed by atoms with E-state index in [1.807, 2.05) is 24.3 Å². The first-order valence-corrected chi connectivity index (χ1v) is 7.77. The number of nitrogens with one attached hydrogen (secondary N) is 1. The summed E-state index contributed by atoms with van der Waals surface area (Å²) in [5, 5.41) is 2.85. The van der Waals surface area contributed by atoms with Crippen molar-refractivity contribution in [3.63, 3.8) is 0 Å². The van der Waals surface area contributed by atoms with Gasteiger partial charge in [-0.1, -0.05) is 24.5 Å². The summed E-state index contributed by atoms with van der Waals surface area (Å²) in [4.78, 5) is 11.8. The fourth-order valence-corrected chi connectivity index (χ4v) is 2.27. The van der Waals surface area contributed by atoms with E-state index in [4.69, 9.17) is 9.47 Å². The van der Waals surface area contributed by atoms with Gasteiger partial charge in [0.05, 0.1) is 7.11 Å². The van der Waals surface area contributed by atoms with Crippen LogP contribution in [0.3, 0.4) is 0 Å². The van der Waals surface area contributed by atoms with Gasteiger partial charge in [0.15, 0.2) is 0 Å². The minimum Gasteiger partial charge on any atom is -0.497 e. The van der Waals surface area contributed by atoms with Crippen molar-refractivity contribution in [2.75, 3.05) is 13.7 Å². The lowest BCUT2D eigenvalue weighted by Crippen LogP contribution is -2.29. The number of carbonyl (C=O) groups is 1. The van der Waals surface area contributed by atoms with Gasteiger partial charge in [0.2, 0.25) is 5.91 Å². The summed E-state index contributed by atoms with van der Waals surface area (Å²) in [6.45, 7) is 0.554. The molecule has 0 aromatic heterocycles. The van der Waals surface area contributed by atoms with E-state index < -0.39 is 0 Å². The molecule has 1 amide bonds. The van der Waals surface area contributed by atoms with E-state index >= 15 is 0 Å². The van der Waals surface area contributed by atoms with Crippen molar-refractivity contribution >= 4 is 5.91 Å². The van der Waals surface area contributed by atoms with Gasteiger partial charge in [-0.05, 0) is 37.0 Å². The van der Waals surface area contributed by atoms with Crippen molar-refractivity contribution in [3.05, 3.63) is 29.8 Å². The monoisotopic (exact) mass is 301 g/mol. The van der Waals surface area contributed by atoms with E-state index in [1.54, 1.807) is 7.11 Å². The number of hydrogen-bond acceptors (Lipinski definition) is 3. The number of amides is 1. The summed E-state index contributed by atoms with van der Waals surface area (Å²) >= 11 is 0. The first-order valence-electron chi connectivity index (χ1n) is 7.77.